The van der Waals surface area contributed by atoms with Gasteiger partial charge in [0, 0.05) is 26.1 Å². The minimum Gasteiger partial charge on any atom is -0.441 e. The highest BCUT2D eigenvalue weighted by atomic mass is 32.2. The molecule has 120 valence electrons. The van der Waals surface area contributed by atoms with E-state index < -0.39 is 10.2 Å². The Bertz CT molecular complexity index is 685. The molecule has 22 heavy (non-hydrogen) atoms. The van der Waals surface area contributed by atoms with Gasteiger partial charge in [0.05, 0.1) is 0 Å². The number of para-hydroxylation sites is 2. The molecule has 2 heterocycles. The first-order valence-electron chi connectivity index (χ1n) is 7.74. The average Bonchev–Trinajstić information content (AvgIpc) is 2.71. The molecule has 0 amide bonds. The SMILES string of the molecule is O=S(=O)(NCCc1nc2ccccc2o1)N1CCCCCC1. The van der Waals surface area contributed by atoms with Gasteiger partial charge in [0.2, 0.25) is 0 Å². The molecule has 1 aromatic carbocycles. The standard InChI is InChI=1S/C15H21N3O3S/c19-22(20,18-11-5-1-2-6-12-18)16-10-9-15-17-13-7-3-4-8-14(13)21-15/h3-4,7-8,16H,1-2,5-6,9-12H2. The predicted molar refractivity (Wildman–Crippen MR) is 84.7 cm³/mol. The molecule has 1 aliphatic rings. The fraction of sp³-hybridized carbons (Fsp3) is 0.533. The maximum atomic E-state index is 12.3. The second kappa shape index (κ2) is 6.76. The summed E-state index contributed by atoms with van der Waals surface area (Å²) in [4.78, 5) is 4.34. The number of nitrogens with zero attached hydrogens (tertiary/aromatic N) is 2. The van der Waals surface area contributed by atoms with Crippen molar-refractivity contribution in [2.75, 3.05) is 19.6 Å². The monoisotopic (exact) mass is 323 g/mol. The summed E-state index contributed by atoms with van der Waals surface area (Å²) in [7, 11) is -3.39. The van der Waals surface area contributed by atoms with Crippen LogP contribution in [0.1, 0.15) is 31.6 Å². The molecule has 6 nitrogen and oxygen atoms in total. The minimum atomic E-state index is -3.39. The van der Waals surface area contributed by atoms with E-state index in [-0.39, 0.29) is 0 Å². The first-order chi connectivity index (χ1) is 10.6. The van der Waals surface area contributed by atoms with Gasteiger partial charge in [0.1, 0.15) is 5.52 Å². The Hall–Kier alpha value is -1.44. The van der Waals surface area contributed by atoms with Gasteiger partial charge in [-0.15, -0.1) is 0 Å². The van der Waals surface area contributed by atoms with E-state index in [0.717, 1.165) is 36.8 Å². The molecular weight excluding hydrogens is 302 g/mol. The molecule has 1 aliphatic heterocycles. The van der Waals surface area contributed by atoms with Gasteiger partial charge in [0.15, 0.2) is 11.5 Å². The smallest absolute Gasteiger partial charge is 0.279 e. The molecule has 7 heteroatoms. The average molecular weight is 323 g/mol. The van der Waals surface area contributed by atoms with Gasteiger partial charge in [-0.3, -0.25) is 0 Å². The van der Waals surface area contributed by atoms with Crippen LogP contribution in [0.15, 0.2) is 28.7 Å². The van der Waals surface area contributed by atoms with Crippen LogP contribution in [0.25, 0.3) is 11.1 Å². The molecule has 0 spiro atoms. The molecule has 1 fully saturated rings. The van der Waals surface area contributed by atoms with Gasteiger partial charge in [0.25, 0.3) is 10.2 Å². The van der Waals surface area contributed by atoms with E-state index in [1.165, 1.54) is 0 Å². The number of rotatable bonds is 5. The predicted octanol–water partition coefficient (Wildman–Crippen LogP) is 2.08. The number of nitrogens with one attached hydrogen (secondary N) is 1. The van der Waals surface area contributed by atoms with Crippen molar-refractivity contribution in [3.05, 3.63) is 30.2 Å². The molecule has 0 atom stereocenters. The Kier molecular flexibility index (Phi) is 4.75. The topological polar surface area (TPSA) is 75.4 Å². The molecule has 0 saturated carbocycles. The summed E-state index contributed by atoms with van der Waals surface area (Å²) in [6, 6.07) is 7.52. The largest absolute Gasteiger partial charge is 0.441 e. The lowest BCUT2D eigenvalue weighted by atomic mass is 10.2. The Morgan fingerprint density at radius 2 is 1.86 bits per heavy atom. The molecule has 0 unspecified atom stereocenters. The molecule has 1 saturated heterocycles. The zero-order chi connectivity index (χ0) is 15.4. The Labute approximate surface area is 130 Å². The second-order valence-corrected chi connectivity index (χ2v) is 7.29. The van der Waals surface area contributed by atoms with Gasteiger partial charge in [-0.25, -0.2) is 9.71 Å². The third-order valence-corrected chi connectivity index (χ3v) is 5.48. The lowest BCUT2D eigenvalue weighted by Gasteiger charge is -2.19. The van der Waals surface area contributed by atoms with Crippen LogP contribution in [0.4, 0.5) is 0 Å². The second-order valence-electron chi connectivity index (χ2n) is 5.54. The Morgan fingerprint density at radius 3 is 2.59 bits per heavy atom. The summed E-state index contributed by atoms with van der Waals surface area (Å²) in [6.45, 7) is 1.52. The Morgan fingerprint density at radius 1 is 1.14 bits per heavy atom. The van der Waals surface area contributed by atoms with Crippen molar-refractivity contribution in [3.63, 3.8) is 0 Å². The summed E-state index contributed by atoms with van der Waals surface area (Å²) in [5.41, 5.74) is 1.53. The van der Waals surface area contributed by atoms with E-state index in [4.69, 9.17) is 4.42 Å². The number of hydrogen-bond donors (Lipinski definition) is 1. The van der Waals surface area contributed by atoms with E-state index in [2.05, 4.69) is 9.71 Å². The summed E-state index contributed by atoms with van der Waals surface area (Å²) in [6.07, 6.45) is 4.53. The number of oxazole rings is 1. The summed E-state index contributed by atoms with van der Waals surface area (Å²) in [5.74, 6) is 0.555. The molecule has 0 radical (unpaired) electrons. The van der Waals surface area contributed by atoms with Gasteiger partial charge < -0.3 is 4.42 Å². The van der Waals surface area contributed by atoms with E-state index in [9.17, 15) is 8.42 Å². The van der Waals surface area contributed by atoms with Crippen molar-refractivity contribution in [2.24, 2.45) is 0 Å². The van der Waals surface area contributed by atoms with E-state index in [0.29, 0.717) is 31.9 Å². The zero-order valence-electron chi connectivity index (χ0n) is 12.5. The maximum absolute atomic E-state index is 12.3. The van der Waals surface area contributed by atoms with Gasteiger partial charge in [-0.05, 0) is 25.0 Å². The lowest BCUT2D eigenvalue weighted by molar-refractivity contribution is 0.414. The van der Waals surface area contributed by atoms with E-state index in [1.807, 2.05) is 24.3 Å². The number of fused-ring (bicyclic) bond motifs is 1. The number of hydrogen-bond acceptors (Lipinski definition) is 4. The van der Waals surface area contributed by atoms with Crippen LogP contribution < -0.4 is 4.72 Å². The van der Waals surface area contributed by atoms with Gasteiger partial charge in [-0.1, -0.05) is 25.0 Å². The quantitative estimate of drug-likeness (QED) is 0.914. The highest BCUT2D eigenvalue weighted by Gasteiger charge is 2.22. The van der Waals surface area contributed by atoms with E-state index >= 15 is 0 Å². The minimum absolute atomic E-state index is 0.297. The normalized spacial score (nSPS) is 17.6. The van der Waals surface area contributed by atoms with E-state index in [1.54, 1.807) is 4.31 Å². The third kappa shape index (κ3) is 3.66. The van der Waals surface area contributed by atoms with Crippen molar-refractivity contribution in [2.45, 2.75) is 32.1 Å². The number of aromatic nitrogens is 1. The summed E-state index contributed by atoms with van der Waals surface area (Å²) >= 11 is 0. The van der Waals surface area contributed by atoms with Crippen LogP contribution in [0.2, 0.25) is 0 Å². The van der Waals surface area contributed by atoms with Crippen LogP contribution in [0.5, 0.6) is 0 Å². The fourth-order valence-corrected chi connectivity index (χ4v) is 3.97. The number of benzene rings is 1. The summed E-state index contributed by atoms with van der Waals surface area (Å²) < 4.78 is 34.3. The summed E-state index contributed by atoms with van der Waals surface area (Å²) in [5, 5.41) is 0. The molecule has 2 aromatic rings. The first-order valence-corrected chi connectivity index (χ1v) is 9.18. The maximum Gasteiger partial charge on any atom is 0.279 e. The van der Waals surface area contributed by atoms with Crippen molar-refractivity contribution in [3.8, 4) is 0 Å². The van der Waals surface area contributed by atoms with Crippen molar-refractivity contribution < 1.29 is 12.8 Å². The molecular formula is C15H21N3O3S. The highest BCUT2D eigenvalue weighted by molar-refractivity contribution is 7.87. The van der Waals surface area contributed by atoms with Crippen molar-refractivity contribution in [1.82, 2.24) is 14.0 Å². The van der Waals surface area contributed by atoms with Crippen LogP contribution in [0.3, 0.4) is 0 Å². The molecule has 1 N–H and O–H groups in total. The fourth-order valence-electron chi connectivity index (χ4n) is 2.69. The molecule has 1 aromatic heterocycles. The van der Waals surface area contributed by atoms with Crippen LogP contribution in [-0.4, -0.2) is 37.3 Å². The van der Waals surface area contributed by atoms with Crippen molar-refractivity contribution >= 4 is 21.3 Å². The van der Waals surface area contributed by atoms with Crippen LogP contribution in [-0.2, 0) is 16.6 Å². The lowest BCUT2D eigenvalue weighted by Crippen LogP contribution is -2.41. The van der Waals surface area contributed by atoms with Gasteiger partial charge >= 0.3 is 0 Å². The molecule has 0 aliphatic carbocycles. The Balaban J connectivity index is 1.57. The van der Waals surface area contributed by atoms with Crippen LogP contribution in [0, 0.1) is 0 Å². The van der Waals surface area contributed by atoms with Crippen LogP contribution >= 0.6 is 0 Å². The van der Waals surface area contributed by atoms with Gasteiger partial charge in [-0.2, -0.15) is 12.7 Å². The third-order valence-electron chi connectivity index (χ3n) is 3.87. The molecule has 3 rings (SSSR count). The zero-order valence-corrected chi connectivity index (χ0v) is 13.3. The molecule has 0 bridgehead atoms. The highest BCUT2D eigenvalue weighted by Crippen LogP contribution is 2.15. The van der Waals surface area contributed by atoms with Crippen molar-refractivity contribution in [1.29, 1.82) is 0 Å². The first kappa shape index (κ1) is 15.5.